The highest BCUT2D eigenvalue weighted by Gasteiger charge is 2.13. The summed E-state index contributed by atoms with van der Waals surface area (Å²) in [6, 6.07) is 6.43. The van der Waals surface area contributed by atoms with E-state index in [1.807, 2.05) is 6.07 Å². The summed E-state index contributed by atoms with van der Waals surface area (Å²) in [6.45, 7) is 0.412. The van der Waals surface area contributed by atoms with Gasteiger partial charge in [-0.2, -0.15) is 5.10 Å². The lowest BCUT2D eigenvalue weighted by Crippen LogP contribution is -2.09. The van der Waals surface area contributed by atoms with Crippen LogP contribution in [0.2, 0.25) is 0 Å². The Morgan fingerprint density at radius 2 is 2.38 bits per heavy atom. The fraction of sp³-hybridized carbons (Fsp3) is 0.200. The minimum Gasteiger partial charge on any atom is -0.329 e. The van der Waals surface area contributed by atoms with E-state index in [4.69, 9.17) is 5.73 Å². The Bertz CT molecular complexity index is 446. The molecule has 0 aliphatic rings. The van der Waals surface area contributed by atoms with Crippen molar-refractivity contribution in [1.29, 1.82) is 0 Å². The number of nitrogens with zero attached hydrogens (tertiary/aromatic N) is 2. The average Bonchev–Trinajstić information content (AvgIpc) is 2.78. The van der Waals surface area contributed by atoms with Crippen molar-refractivity contribution in [1.82, 2.24) is 15.2 Å². The van der Waals surface area contributed by atoms with E-state index in [1.54, 1.807) is 6.07 Å². The summed E-state index contributed by atoms with van der Waals surface area (Å²) in [6.07, 6.45) is 1.43. The van der Waals surface area contributed by atoms with Crippen molar-refractivity contribution in [3.8, 4) is 0 Å². The summed E-state index contributed by atoms with van der Waals surface area (Å²) in [4.78, 5) is 4.00. The first-order valence-electron chi connectivity index (χ1n) is 4.77. The van der Waals surface area contributed by atoms with Crippen molar-refractivity contribution < 1.29 is 4.39 Å². The predicted octanol–water partition coefficient (Wildman–Crippen LogP) is 1.74. The standard InChI is InChI=1S/C10H11FN4S/c11-8-3-1-2-7(4-8)9(5-12)16-10-13-6-14-15-10/h1-4,6,9H,5,12H2,(H,13,14,15). The number of halogens is 1. The molecule has 0 aliphatic heterocycles. The van der Waals surface area contributed by atoms with E-state index in [0.29, 0.717) is 11.7 Å². The van der Waals surface area contributed by atoms with E-state index in [9.17, 15) is 4.39 Å². The molecule has 0 amide bonds. The number of aromatic amines is 1. The summed E-state index contributed by atoms with van der Waals surface area (Å²) >= 11 is 1.44. The van der Waals surface area contributed by atoms with E-state index in [1.165, 1.54) is 30.2 Å². The van der Waals surface area contributed by atoms with Crippen LogP contribution in [0.3, 0.4) is 0 Å². The van der Waals surface area contributed by atoms with Crippen molar-refractivity contribution in [2.45, 2.75) is 10.4 Å². The molecule has 1 heterocycles. The van der Waals surface area contributed by atoms with Crippen LogP contribution >= 0.6 is 11.8 Å². The molecule has 0 fully saturated rings. The fourth-order valence-electron chi connectivity index (χ4n) is 1.34. The number of rotatable bonds is 4. The molecule has 0 saturated heterocycles. The molecule has 0 saturated carbocycles. The van der Waals surface area contributed by atoms with Crippen molar-refractivity contribution in [3.05, 3.63) is 42.0 Å². The van der Waals surface area contributed by atoms with E-state index in [0.717, 1.165) is 5.56 Å². The number of hydrogen-bond acceptors (Lipinski definition) is 4. The number of thioether (sulfide) groups is 1. The summed E-state index contributed by atoms with van der Waals surface area (Å²) in [5, 5.41) is 7.14. The summed E-state index contributed by atoms with van der Waals surface area (Å²) in [5.41, 5.74) is 6.52. The minimum atomic E-state index is -0.255. The quantitative estimate of drug-likeness (QED) is 0.796. The first-order valence-corrected chi connectivity index (χ1v) is 5.65. The maximum Gasteiger partial charge on any atom is 0.184 e. The highest BCUT2D eigenvalue weighted by molar-refractivity contribution is 7.99. The molecule has 0 aliphatic carbocycles. The van der Waals surface area contributed by atoms with Crippen LogP contribution in [-0.4, -0.2) is 21.7 Å². The third kappa shape index (κ3) is 2.59. The molecule has 1 aromatic heterocycles. The molecular weight excluding hydrogens is 227 g/mol. The van der Waals surface area contributed by atoms with Crippen molar-refractivity contribution >= 4 is 11.8 Å². The van der Waals surface area contributed by atoms with Crippen LogP contribution in [-0.2, 0) is 0 Å². The SMILES string of the molecule is NCC(Sc1ncn[nH]1)c1cccc(F)c1. The maximum atomic E-state index is 13.1. The van der Waals surface area contributed by atoms with Gasteiger partial charge in [-0.05, 0) is 17.7 Å². The Morgan fingerprint density at radius 3 is 3.00 bits per heavy atom. The van der Waals surface area contributed by atoms with Gasteiger partial charge in [0.1, 0.15) is 12.1 Å². The first-order chi connectivity index (χ1) is 7.79. The molecule has 4 nitrogen and oxygen atoms in total. The van der Waals surface area contributed by atoms with Gasteiger partial charge in [-0.1, -0.05) is 23.9 Å². The third-order valence-corrected chi connectivity index (χ3v) is 3.25. The number of nitrogens with two attached hydrogens (primary N) is 1. The Morgan fingerprint density at radius 1 is 1.50 bits per heavy atom. The minimum absolute atomic E-state index is 0.0244. The number of nitrogens with one attached hydrogen (secondary N) is 1. The smallest absolute Gasteiger partial charge is 0.184 e. The lowest BCUT2D eigenvalue weighted by Gasteiger charge is -2.12. The van der Waals surface area contributed by atoms with Gasteiger partial charge < -0.3 is 5.73 Å². The largest absolute Gasteiger partial charge is 0.329 e. The Balaban J connectivity index is 2.16. The van der Waals surface area contributed by atoms with Gasteiger partial charge in [-0.15, -0.1) is 0 Å². The second-order valence-corrected chi connectivity index (χ2v) is 4.38. The maximum absolute atomic E-state index is 13.1. The molecule has 3 N–H and O–H groups in total. The van der Waals surface area contributed by atoms with E-state index in [2.05, 4.69) is 15.2 Å². The monoisotopic (exact) mass is 238 g/mol. The number of hydrogen-bond donors (Lipinski definition) is 2. The summed E-state index contributed by atoms with van der Waals surface area (Å²) < 4.78 is 13.1. The van der Waals surface area contributed by atoms with Gasteiger partial charge in [0.2, 0.25) is 0 Å². The third-order valence-electron chi connectivity index (χ3n) is 2.08. The van der Waals surface area contributed by atoms with E-state index >= 15 is 0 Å². The first kappa shape index (κ1) is 11.1. The molecule has 1 aromatic carbocycles. The van der Waals surface area contributed by atoms with Crippen LogP contribution in [0.4, 0.5) is 4.39 Å². The molecule has 0 bridgehead atoms. The molecule has 2 aromatic rings. The predicted molar refractivity (Wildman–Crippen MR) is 60.4 cm³/mol. The van der Waals surface area contributed by atoms with Crippen LogP contribution < -0.4 is 5.73 Å². The van der Waals surface area contributed by atoms with Crippen LogP contribution in [0.25, 0.3) is 0 Å². The number of H-pyrrole nitrogens is 1. The van der Waals surface area contributed by atoms with Gasteiger partial charge in [0.05, 0.1) is 0 Å². The Hall–Kier alpha value is -1.40. The van der Waals surface area contributed by atoms with Crippen LogP contribution in [0, 0.1) is 5.82 Å². The Kier molecular flexibility index (Phi) is 3.53. The summed E-state index contributed by atoms with van der Waals surface area (Å²) in [7, 11) is 0. The average molecular weight is 238 g/mol. The molecule has 84 valence electrons. The molecule has 1 atom stereocenters. The molecular formula is C10H11FN4S. The molecule has 0 radical (unpaired) electrons. The van der Waals surface area contributed by atoms with Gasteiger partial charge in [0.25, 0.3) is 0 Å². The fourth-order valence-corrected chi connectivity index (χ4v) is 2.21. The summed E-state index contributed by atoms with van der Waals surface area (Å²) in [5.74, 6) is -0.255. The molecule has 1 unspecified atom stereocenters. The highest BCUT2D eigenvalue weighted by atomic mass is 32.2. The molecule has 16 heavy (non-hydrogen) atoms. The van der Waals surface area contributed by atoms with Gasteiger partial charge in [0, 0.05) is 11.8 Å². The van der Waals surface area contributed by atoms with Gasteiger partial charge in [-0.3, -0.25) is 5.10 Å². The Labute approximate surface area is 96.5 Å². The zero-order valence-corrected chi connectivity index (χ0v) is 9.25. The molecule has 6 heteroatoms. The van der Waals surface area contributed by atoms with Crippen LogP contribution in [0.15, 0.2) is 35.7 Å². The lowest BCUT2D eigenvalue weighted by molar-refractivity contribution is 0.625. The number of benzene rings is 1. The van der Waals surface area contributed by atoms with Crippen LogP contribution in [0.5, 0.6) is 0 Å². The van der Waals surface area contributed by atoms with E-state index in [-0.39, 0.29) is 11.1 Å². The topological polar surface area (TPSA) is 67.6 Å². The lowest BCUT2D eigenvalue weighted by atomic mass is 10.1. The number of aromatic nitrogens is 3. The van der Waals surface area contributed by atoms with Crippen molar-refractivity contribution in [2.75, 3.05) is 6.54 Å². The van der Waals surface area contributed by atoms with Crippen molar-refractivity contribution in [3.63, 3.8) is 0 Å². The van der Waals surface area contributed by atoms with Crippen LogP contribution in [0.1, 0.15) is 10.8 Å². The van der Waals surface area contributed by atoms with Gasteiger partial charge in [-0.25, -0.2) is 9.37 Å². The van der Waals surface area contributed by atoms with Gasteiger partial charge >= 0.3 is 0 Å². The molecule has 2 rings (SSSR count). The zero-order chi connectivity index (χ0) is 11.4. The molecule has 0 spiro atoms. The second kappa shape index (κ2) is 5.09. The normalized spacial score (nSPS) is 12.6. The zero-order valence-electron chi connectivity index (χ0n) is 8.43. The van der Waals surface area contributed by atoms with E-state index < -0.39 is 0 Å². The highest BCUT2D eigenvalue weighted by Crippen LogP contribution is 2.31. The second-order valence-electron chi connectivity index (χ2n) is 3.19. The van der Waals surface area contributed by atoms with Gasteiger partial charge in [0.15, 0.2) is 5.16 Å². The van der Waals surface area contributed by atoms with Crippen molar-refractivity contribution in [2.24, 2.45) is 5.73 Å².